The molecule has 4 rings (SSSR count). The fourth-order valence-corrected chi connectivity index (χ4v) is 3.45. The topological polar surface area (TPSA) is 33.2 Å². The molecule has 1 aliphatic rings. The highest BCUT2D eigenvalue weighted by molar-refractivity contribution is 6.09. The lowest BCUT2D eigenvalue weighted by Crippen LogP contribution is -2.25. The van der Waals surface area contributed by atoms with Crippen molar-refractivity contribution < 1.29 is 4.79 Å². The summed E-state index contributed by atoms with van der Waals surface area (Å²) in [4.78, 5) is 19.7. The maximum Gasteiger partial charge on any atom is 0.194 e. The minimum absolute atomic E-state index is 0.0243. The van der Waals surface area contributed by atoms with Crippen molar-refractivity contribution in [3.8, 4) is 0 Å². The average molecular weight is 328 g/mol. The Bertz CT molecular complexity index is 918. The summed E-state index contributed by atoms with van der Waals surface area (Å²) in [6.07, 6.45) is 2.22. The Balaban J connectivity index is 1.69. The fraction of sp³-hybridized carbons (Fsp3) is 0.182. The number of rotatable bonds is 3. The van der Waals surface area contributed by atoms with E-state index in [4.69, 9.17) is 4.98 Å². The molecule has 3 nitrogen and oxygen atoms in total. The number of carbonyl (C=O) groups is 1. The lowest BCUT2D eigenvalue weighted by molar-refractivity contribution is 0.103. The summed E-state index contributed by atoms with van der Waals surface area (Å²) in [5.41, 5.74) is 4.72. The third-order valence-corrected chi connectivity index (χ3v) is 4.74. The van der Waals surface area contributed by atoms with Gasteiger partial charge in [0, 0.05) is 23.4 Å². The third kappa shape index (κ3) is 2.93. The van der Waals surface area contributed by atoms with E-state index in [0.29, 0.717) is 11.1 Å². The summed E-state index contributed by atoms with van der Waals surface area (Å²) in [6.45, 7) is 2.87. The van der Waals surface area contributed by atoms with Crippen LogP contribution in [0.3, 0.4) is 0 Å². The minimum Gasteiger partial charge on any atom is -0.326 e. The molecular weight excluding hydrogens is 308 g/mol. The zero-order valence-corrected chi connectivity index (χ0v) is 14.3. The molecule has 0 aliphatic carbocycles. The maximum absolute atomic E-state index is 12.7. The minimum atomic E-state index is 0.0243. The molecule has 0 N–H and O–H groups in total. The fourth-order valence-electron chi connectivity index (χ4n) is 3.45. The van der Waals surface area contributed by atoms with Crippen LogP contribution in [0.4, 0.5) is 11.5 Å². The van der Waals surface area contributed by atoms with Gasteiger partial charge in [-0.15, -0.1) is 0 Å². The zero-order chi connectivity index (χ0) is 17.2. The quantitative estimate of drug-likeness (QED) is 0.653. The van der Waals surface area contributed by atoms with Crippen LogP contribution in [-0.4, -0.2) is 17.3 Å². The van der Waals surface area contributed by atoms with Crippen LogP contribution in [0.1, 0.15) is 33.6 Å². The van der Waals surface area contributed by atoms with Crippen molar-refractivity contribution in [3.63, 3.8) is 0 Å². The first-order chi connectivity index (χ1) is 12.2. The van der Waals surface area contributed by atoms with Gasteiger partial charge in [-0.1, -0.05) is 48.5 Å². The number of anilines is 2. The van der Waals surface area contributed by atoms with Crippen molar-refractivity contribution >= 4 is 17.3 Å². The molecule has 0 unspecified atom stereocenters. The lowest BCUT2D eigenvalue weighted by Gasteiger charge is -2.30. The van der Waals surface area contributed by atoms with Crippen LogP contribution in [0.15, 0.2) is 66.7 Å². The number of pyridine rings is 1. The number of aryl methyl sites for hydroxylation is 2. The Morgan fingerprint density at radius 1 is 0.960 bits per heavy atom. The van der Waals surface area contributed by atoms with Crippen molar-refractivity contribution in [3.05, 3.63) is 89.1 Å². The predicted molar refractivity (Wildman–Crippen MR) is 101 cm³/mol. The standard InChI is InChI=1S/C22H20N2O/c1-16-19(22(25)18-9-3-2-4-10-18)13-14-21(23-16)24-15-7-11-17-8-5-6-12-20(17)24/h2-6,8-10,12-14H,7,11,15H2,1H3. The highest BCUT2D eigenvalue weighted by Gasteiger charge is 2.20. The maximum atomic E-state index is 12.7. The molecule has 3 aromatic rings. The molecular formula is C22H20N2O. The van der Waals surface area contributed by atoms with E-state index < -0.39 is 0 Å². The molecule has 124 valence electrons. The van der Waals surface area contributed by atoms with Gasteiger partial charge in [0.2, 0.25) is 0 Å². The number of para-hydroxylation sites is 1. The number of carbonyl (C=O) groups excluding carboxylic acids is 1. The predicted octanol–water partition coefficient (Wildman–Crippen LogP) is 4.71. The number of ketones is 1. The van der Waals surface area contributed by atoms with Crippen LogP contribution in [0, 0.1) is 6.92 Å². The smallest absolute Gasteiger partial charge is 0.194 e. The molecule has 0 radical (unpaired) electrons. The molecule has 25 heavy (non-hydrogen) atoms. The second-order valence-electron chi connectivity index (χ2n) is 6.38. The van der Waals surface area contributed by atoms with Gasteiger partial charge in [-0.05, 0) is 43.5 Å². The van der Waals surface area contributed by atoms with Gasteiger partial charge in [-0.25, -0.2) is 4.98 Å². The Morgan fingerprint density at radius 2 is 1.72 bits per heavy atom. The highest BCUT2D eigenvalue weighted by atomic mass is 16.1. The summed E-state index contributed by atoms with van der Waals surface area (Å²) in [6, 6.07) is 21.7. The van der Waals surface area contributed by atoms with Crippen LogP contribution < -0.4 is 4.90 Å². The zero-order valence-electron chi connectivity index (χ0n) is 14.3. The summed E-state index contributed by atoms with van der Waals surface area (Å²) in [5, 5.41) is 0. The number of benzene rings is 2. The molecule has 3 heteroatoms. The van der Waals surface area contributed by atoms with E-state index in [1.165, 1.54) is 11.3 Å². The normalized spacial score (nSPS) is 13.4. The van der Waals surface area contributed by atoms with Crippen molar-refractivity contribution in [2.45, 2.75) is 19.8 Å². The van der Waals surface area contributed by atoms with Gasteiger partial charge in [0.05, 0.1) is 5.69 Å². The lowest BCUT2D eigenvalue weighted by atomic mass is 10.0. The summed E-state index contributed by atoms with van der Waals surface area (Å²) in [7, 11) is 0. The number of aromatic nitrogens is 1. The molecule has 0 atom stereocenters. The molecule has 0 fully saturated rings. The van der Waals surface area contributed by atoms with Crippen LogP contribution in [0.25, 0.3) is 0 Å². The van der Waals surface area contributed by atoms with E-state index in [-0.39, 0.29) is 5.78 Å². The number of hydrogen-bond donors (Lipinski definition) is 0. The van der Waals surface area contributed by atoms with Crippen molar-refractivity contribution in [2.75, 3.05) is 11.4 Å². The molecule has 1 aromatic heterocycles. The third-order valence-electron chi connectivity index (χ3n) is 4.74. The Hall–Kier alpha value is -2.94. The van der Waals surface area contributed by atoms with Crippen LogP contribution >= 0.6 is 0 Å². The molecule has 2 aromatic carbocycles. The van der Waals surface area contributed by atoms with Crippen molar-refractivity contribution in [1.82, 2.24) is 4.98 Å². The van der Waals surface area contributed by atoms with Crippen molar-refractivity contribution in [2.24, 2.45) is 0 Å². The Morgan fingerprint density at radius 3 is 2.52 bits per heavy atom. The van der Waals surface area contributed by atoms with E-state index in [2.05, 4.69) is 29.2 Å². The van der Waals surface area contributed by atoms with Crippen LogP contribution in [0.5, 0.6) is 0 Å². The van der Waals surface area contributed by atoms with Crippen LogP contribution in [-0.2, 0) is 6.42 Å². The van der Waals surface area contributed by atoms with E-state index in [0.717, 1.165) is 30.9 Å². The van der Waals surface area contributed by atoms with Gasteiger partial charge >= 0.3 is 0 Å². The van der Waals surface area contributed by atoms with Gasteiger partial charge in [0.1, 0.15) is 5.82 Å². The van der Waals surface area contributed by atoms with Gasteiger partial charge < -0.3 is 4.90 Å². The summed E-state index contributed by atoms with van der Waals surface area (Å²) >= 11 is 0. The second-order valence-corrected chi connectivity index (χ2v) is 6.38. The van der Waals surface area contributed by atoms with Crippen molar-refractivity contribution in [1.29, 1.82) is 0 Å². The van der Waals surface area contributed by atoms with E-state index in [1.807, 2.05) is 49.4 Å². The van der Waals surface area contributed by atoms with Crippen LogP contribution in [0.2, 0.25) is 0 Å². The van der Waals surface area contributed by atoms with Gasteiger partial charge in [-0.2, -0.15) is 0 Å². The highest BCUT2D eigenvalue weighted by Crippen LogP contribution is 2.32. The first-order valence-electron chi connectivity index (χ1n) is 8.67. The Labute approximate surface area is 148 Å². The SMILES string of the molecule is Cc1nc(N2CCCc3ccccc32)ccc1C(=O)c1ccccc1. The molecule has 1 aliphatic heterocycles. The summed E-state index contributed by atoms with van der Waals surface area (Å²) in [5.74, 6) is 0.936. The molecule has 2 heterocycles. The molecule has 0 saturated carbocycles. The summed E-state index contributed by atoms with van der Waals surface area (Å²) < 4.78 is 0. The number of fused-ring (bicyclic) bond motifs is 1. The molecule has 0 bridgehead atoms. The average Bonchev–Trinajstić information content (AvgIpc) is 2.67. The Kier molecular flexibility index (Phi) is 4.06. The van der Waals surface area contributed by atoms with E-state index in [1.54, 1.807) is 0 Å². The number of nitrogens with zero attached hydrogens (tertiary/aromatic N) is 2. The van der Waals surface area contributed by atoms with E-state index >= 15 is 0 Å². The van der Waals surface area contributed by atoms with Gasteiger partial charge in [0.25, 0.3) is 0 Å². The second kappa shape index (κ2) is 6.52. The monoisotopic (exact) mass is 328 g/mol. The molecule has 0 saturated heterocycles. The van der Waals surface area contributed by atoms with Gasteiger partial charge in [-0.3, -0.25) is 4.79 Å². The molecule has 0 amide bonds. The number of hydrogen-bond acceptors (Lipinski definition) is 3. The largest absolute Gasteiger partial charge is 0.326 e. The first-order valence-corrected chi connectivity index (χ1v) is 8.67. The first kappa shape index (κ1) is 15.6. The molecule has 0 spiro atoms. The van der Waals surface area contributed by atoms with Gasteiger partial charge in [0.15, 0.2) is 5.78 Å². The van der Waals surface area contributed by atoms with E-state index in [9.17, 15) is 4.79 Å².